The highest BCUT2D eigenvalue weighted by molar-refractivity contribution is 6.03. The van der Waals surface area contributed by atoms with Crippen LogP contribution in [0.15, 0.2) is 30.5 Å². The Labute approximate surface area is 119 Å². The molecule has 0 atom stereocenters. The largest absolute Gasteiger partial charge is 0.483 e. The minimum absolute atomic E-state index is 0.00798. The quantitative estimate of drug-likeness (QED) is 0.848. The van der Waals surface area contributed by atoms with E-state index in [0.717, 1.165) is 6.20 Å². The first kappa shape index (κ1) is 14.6. The minimum atomic E-state index is -1.34. The fourth-order valence-electron chi connectivity index (χ4n) is 1.61. The highest BCUT2D eigenvalue weighted by atomic mass is 19.1. The van der Waals surface area contributed by atoms with Crippen LogP contribution in [0.3, 0.4) is 0 Å². The minimum Gasteiger partial charge on any atom is -0.483 e. The number of carbonyl (C=O) groups excluding carboxylic acids is 1. The Morgan fingerprint density at radius 3 is 2.67 bits per heavy atom. The lowest BCUT2D eigenvalue weighted by Gasteiger charge is -2.07. The van der Waals surface area contributed by atoms with Gasteiger partial charge in [0, 0.05) is 6.20 Å². The summed E-state index contributed by atoms with van der Waals surface area (Å²) < 4.78 is 18.5. The highest BCUT2D eigenvalue weighted by Crippen LogP contribution is 2.16. The van der Waals surface area contributed by atoms with Crippen LogP contribution >= 0.6 is 0 Å². The summed E-state index contributed by atoms with van der Waals surface area (Å²) in [6.07, 6.45) is 1.12. The number of ether oxygens (including phenoxy) is 1. The molecule has 2 rings (SSSR count). The first-order valence-corrected chi connectivity index (χ1v) is 5.96. The number of benzene rings is 1. The number of para-hydroxylation sites is 1. The first-order valence-electron chi connectivity index (χ1n) is 5.96. The van der Waals surface area contributed by atoms with Gasteiger partial charge in [0.2, 0.25) is 0 Å². The van der Waals surface area contributed by atoms with Crippen LogP contribution in [0.1, 0.15) is 33.6 Å². The number of aromatic nitrogens is 2. The van der Waals surface area contributed by atoms with E-state index in [-0.39, 0.29) is 23.7 Å². The number of hydrogen-bond acceptors (Lipinski definition) is 5. The maximum atomic E-state index is 13.4. The first-order chi connectivity index (χ1) is 9.99. The van der Waals surface area contributed by atoms with Crippen molar-refractivity contribution < 1.29 is 23.8 Å². The van der Waals surface area contributed by atoms with Crippen molar-refractivity contribution >= 4 is 11.8 Å². The van der Waals surface area contributed by atoms with Gasteiger partial charge in [-0.15, -0.1) is 0 Å². The second-order valence-electron chi connectivity index (χ2n) is 4.13. The van der Waals surface area contributed by atoms with Crippen LogP contribution in [0.4, 0.5) is 4.39 Å². The lowest BCUT2D eigenvalue weighted by atomic mass is 10.1. The molecule has 1 heterocycles. The molecule has 0 fully saturated rings. The molecule has 0 aliphatic heterocycles. The summed E-state index contributed by atoms with van der Waals surface area (Å²) in [6, 6.07) is 5.78. The van der Waals surface area contributed by atoms with Gasteiger partial charge in [0.25, 0.3) is 0 Å². The van der Waals surface area contributed by atoms with Crippen LogP contribution < -0.4 is 4.74 Å². The summed E-state index contributed by atoms with van der Waals surface area (Å²) in [5, 5.41) is 9.03. The van der Waals surface area contributed by atoms with Crippen LogP contribution in [0.25, 0.3) is 0 Å². The van der Waals surface area contributed by atoms with Crippen molar-refractivity contribution in [1.29, 1.82) is 0 Å². The normalized spacial score (nSPS) is 10.2. The maximum absolute atomic E-state index is 13.4. The summed E-state index contributed by atoms with van der Waals surface area (Å²) in [6.45, 7) is 1.01. The summed E-state index contributed by atoms with van der Waals surface area (Å²) in [5.74, 6) is -2.28. The topological polar surface area (TPSA) is 89.4 Å². The van der Waals surface area contributed by atoms with Gasteiger partial charge in [-0.2, -0.15) is 0 Å². The number of Topliss-reactive ketones (excluding diaryl/α,β-unsaturated/α-hetero) is 1. The third-order valence-corrected chi connectivity index (χ3v) is 2.61. The molecule has 0 saturated carbocycles. The Morgan fingerprint density at radius 1 is 1.33 bits per heavy atom. The molecule has 0 amide bonds. The van der Waals surface area contributed by atoms with Crippen molar-refractivity contribution in [2.45, 2.75) is 13.5 Å². The molecule has 2 aromatic rings. The lowest BCUT2D eigenvalue weighted by molar-refractivity contribution is 0.0684. The summed E-state index contributed by atoms with van der Waals surface area (Å²) >= 11 is 0. The maximum Gasteiger partial charge on any atom is 0.355 e. The third kappa shape index (κ3) is 3.38. The van der Waals surface area contributed by atoms with Gasteiger partial charge in [0.15, 0.2) is 28.9 Å². The number of rotatable bonds is 5. The highest BCUT2D eigenvalue weighted by Gasteiger charge is 2.17. The molecule has 1 aromatic carbocycles. The SMILES string of the molecule is CC(=O)c1cnc(COc2ccccc2F)nc1C(=O)O. The monoisotopic (exact) mass is 290 g/mol. The third-order valence-electron chi connectivity index (χ3n) is 2.61. The van der Waals surface area contributed by atoms with E-state index >= 15 is 0 Å². The summed E-state index contributed by atoms with van der Waals surface area (Å²) in [5.41, 5.74) is -0.484. The van der Waals surface area contributed by atoms with Crippen molar-refractivity contribution in [3.8, 4) is 5.75 Å². The summed E-state index contributed by atoms with van der Waals surface area (Å²) in [7, 11) is 0. The molecule has 0 aliphatic carbocycles. The predicted molar refractivity (Wildman–Crippen MR) is 69.7 cm³/mol. The van der Waals surface area contributed by atoms with E-state index in [1.54, 1.807) is 6.07 Å². The zero-order valence-electron chi connectivity index (χ0n) is 11.0. The molecule has 0 spiro atoms. The Kier molecular flexibility index (Phi) is 4.22. The zero-order chi connectivity index (χ0) is 15.4. The van der Waals surface area contributed by atoms with Crippen molar-refractivity contribution in [2.75, 3.05) is 0 Å². The van der Waals surface area contributed by atoms with Crippen LogP contribution in [0, 0.1) is 5.82 Å². The molecule has 0 unspecified atom stereocenters. The molecule has 6 nitrogen and oxygen atoms in total. The van der Waals surface area contributed by atoms with E-state index in [1.807, 2.05) is 0 Å². The molecule has 1 aromatic heterocycles. The van der Waals surface area contributed by atoms with Crippen LogP contribution in [0.2, 0.25) is 0 Å². The molecule has 0 bridgehead atoms. The Balaban J connectivity index is 2.22. The van der Waals surface area contributed by atoms with E-state index in [0.29, 0.717) is 0 Å². The molecule has 7 heteroatoms. The fourth-order valence-corrected chi connectivity index (χ4v) is 1.61. The molecule has 0 saturated heterocycles. The number of nitrogens with zero attached hydrogens (tertiary/aromatic N) is 2. The van der Waals surface area contributed by atoms with Crippen molar-refractivity contribution in [1.82, 2.24) is 9.97 Å². The van der Waals surface area contributed by atoms with Gasteiger partial charge in [-0.1, -0.05) is 12.1 Å². The van der Waals surface area contributed by atoms with Crippen molar-refractivity contribution in [2.24, 2.45) is 0 Å². The van der Waals surface area contributed by atoms with E-state index in [4.69, 9.17) is 9.84 Å². The molecule has 0 aliphatic rings. The molecule has 21 heavy (non-hydrogen) atoms. The van der Waals surface area contributed by atoms with Gasteiger partial charge in [-0.3, -0.25) is 4.79 Å². The van der Waals surface area contributed by atoms with Crippen LogP contribution in [-0.4, -0.2) is 26.8 Å². The van der Waals surface area contributed by atoms with Crippen molar-refractivity contribution in [3.05, 3.63) is 53.4 Å². The molecule has 1 N–H and O–H groups in total. The van der Waals surface area contributed by atoms with E-state index in [2.05, 4.69) is 9.97 Å². The van der Waals surface area contributed by atoms with Gasteiger partial charge in [0.1, 0.15) is 6.61 Å². The second kappa shape index (κ2) is 6.08. The number of aromatic carboxylic acids is 1. The van der Waals surface area contributed by atoms with E-state index in [1.165, 1.54) is 25.1 Å². The van der Waals surface area contributed by atoms with Gasteiger partial charge < -0.3 is 9.84 Å². The Hall–Kier alpha value is -2.83. The number of carboxylic acids is 1. The van der Waals surface area contributed by atoms with Gasteiger partial charge in [-0.05, 0) is 19.1 Å². The number of carboxylic acid groups (broad SMARTS) is 1. The number of halogens is 1. The van der Waals surface area contributed by atoms with E-state index < -0.39 is 23.3 Å². The number of ketones is 1. The molecular weight excluding hydrogens is 279 g/mol. The van der Waals surface area contributed by atoms with Gasteiger partial charge in [-0.25, -0.2) is 19.2 Å². The molecule has 0 radical (unpaired) electrons. The smallest absolute Gasteiger partial charge is 0.355 e. The lowest BCUT2D eigenvalue weighted by Crippen LogP contribution is -2.13. The Bertz CT molecular complexity index is 703. The van der Waals surface area contributed by atoms with Gasteiger partial charge in [0.05, 0.1) is 5.56 Å². The number of carbonyl (C=O) groups is 2. The average molecular weight is 290 g/mol. The van der Waals surface area contributed by atoms with E-state index in [9.17, 15) is 14.0 Å². The summed E-state index contributed by atoms with van der Waals surface area (Å²) in [4.78, 5) is 29.9. The molecule has 108 valence electrons. The standard InChI is InChI=1S/C14H11FN2O4/c1-8(18)9-6-16-12(17-13(9)14(19)20)7-21-11-5-3-2-4-10(11)15/h2-6H,7H2,1H3,(H,19,20). The second-order valence-corrected chi connectivity index (χ2v) is 4.13. The van der Waals surface area contributed by atoms with Crippen LogP contribution in [-0.2, 0) is 6.61 Å². The predicted octanol–water partition coefficient (Wildman–Crippen LogP) is 2.10. The van der Waals surface area contributed by atoms with Crippen molar-refractivity contribution in [3.63, 3.8) is 0 Å². The zero-order valence-corrected chi connectivity index (χ0v) is 11.0. The number of hydrogen-bond donors (Lipinski definition) is 1. The molecular formula is C14H11FN2O4. The van der Waals surface area contributed by atoms with Gasteiger partial charge >= 0.3 is 5.97 Å². The van der Waals surface area contributed by atoms with Crippen LogP contribution in [0.5, 0.6) is 5.75 Å². The Morgan fingerprint density at radius 2 is 2.05 bits per heavy atom. The average Bonchev–Trinajstić information content (AvgIpc) is 2.46. The fraction of sp³-hybridized carbons (Fsp3) is 0.143.